The van der Waals surface area contributed by atoms with Crippen molar-refractivity contribution in [1.82, 2.24) is 4.98 Å². The molecular formula is C19H23NO3. The molecule has 5 rings (SSSR count). The summed E-state index contributed by atoms with van der Waals surface area (Å²) in [5, 5.41) is 9.67. The van der Waals surface area contributed by atoms with Gasteiger partial charge in [-0.2, -0.15) is 0 Å². The second-order valence-corrected chi connectivity index (χ2v) is 8.01. The van der Waals surface area contributed by atoms with Gasteiger partial charge in [-0.05, 0) is 80.4 Å². The van der Waals surface area contributed by atoms with E-state index in [9.17, 15) is 14.7 Å². The molecule has 0 aliphatic heterocycles. The van der Waals surface area contributed by atoms with Crippen molar-refractivity contribution in [3.63, 3.8) is 0 Å². The zero-order chi connectivity index (χ0) is 16.0. The van der Waals surface area contributed by atoms with E-state index >= 15 is 0 Å². The number of nitrogens with zero attached hydrogens (tertiary/aromatic N) is 1. The third-order valence-electron chi connectivity index (χ3n) is 6.36. The summed E-state index contributed by atoms with van der Waals surface area (Å²) in [4.78, 5) is 29.0. The van der Waals surface area contributed by atoms with Crippen LogP contribution in [-0.4, -0.2) is 21.8 Å². The first-order valence-electron chi connectivity index (χ1n) is 8.72. The van der Waals surface area contributed by atoms with E-state index in [1.807, 2.05) is 12.1 Å². The number of Topliss-reactive ketones (excluding diaryl/α,β-unsaturated/α-hetero) is 1. The van der Waals surface area contributed by atoms with Crippen molar-refractivity contribution in [2.75, 3.05) is 0 Å². The number of rotatable bonds is 5. The Balaban J connectivity index is 1.59. The molecule has 4 heteroatoms. The summed E-state index contributed by atoms with van der Waals surface area (Å²) in [6.07, 6.45) is 10.2. The number of carbonyl (C=O) groups is 2. The van der Waals surface area contributed by atoms with E-state index in [1.165, 1.54) is 19.3 Å². The Labute approximate surface area is 136 Å². The highest BCUT2D eigenvalue weighted by molar-refractivity contribution is 6.01. The van der Waals surface area contributed by atoms with Crippen molar-refractivity contribution in [3.05, 3.63) is 30.1 Å². The first-order chi connectivity index (χ1) is 11.1. The quantitative estimate of drug-likeness (QED) is 0.848. The summed E-state index contributed by atoms with van der Waals surface area (Å²) in [6, 6.07) is 3.62. The van der Waals surface area contributed by atoms with E-state index in [-0.39, 0.29) is 11.2 Å². The highest BCUT2D eigenvalue weighted by Gasteiger charge is 2.56. The van der Waals surface area contributed by atoms with Crippen molar-refractivity contribution < 1.29 is 14.7 Å². The minimum atomic E-state index is -0.970. The SMILES string of the molecule is O=C(O)C(Cc1ccncc1)C(=O)C12CC3CC(CC(C3)C1)C2. The summed E-state index contributed by atoms with van der Waals surface area (Å²) in [6.45, 7) is 0. The minimum Gasteiger partial charge on any atom is -0.481 e. The van der Waals surface area contributed by atoms with Gasteiger partial charge in [-0.15, -0.1) is 0 Å². The largest absolute Gasteiger partial charge is 0.481 e. The third kappa shape index (κ3) is 2.58. The van der Waals surface area contributed by atoms with Crippen LogP contribution in [0.5, 0.6) is 0 Å². The molecule has 4 bridgehead atoms. The summed E-state index contributed by atoms with van der Waals surface area (Å²) < 4.78 is 0. The standard InChI is InChI=1S/C19H23NO3/c21-17(16(18(22)23)8-12-1-3-20-4-2-12)19-9-13-5-14(10-19)7-15(6-13)11-19/h1-4,13-16H,5-11H2,(H,22,23). The van der Waals surface area contributed by atoms with Gasteiger partial charge in [-0.3, -0.25) is 14.6 Å². The molecule has 1 aromatic heterocycles. The molecule has 4 nitrogen and oxygen atoms in total. The first kappa shape index (κ1) is 14.9. The van der Waals surface area contributed by atoms with Crippen LogP contribution in [0.3, 0.4) is 0 Å². The number of pyridine rings is 1. The van der Waals surface area contributed by atoms with Gasteiger partial charge in [0.25, 0.3) is 0 Å². The fourth-order valence-corrected chi connectivity index (χ4v) is 5.83. The highest BCUT2D eigenvalue weighted by atomic mass is 16.4. The van der Waals surface area contributed by atoms with Crippen LogP contribution in [0.4, 0.5) is 0 Å². The number of carboxylic acids is 1. The Morgan fingerprint density at radius 1 is 1.09 bits per heavy atom. The molecule has 1 atom stereocenters. The normalized spacial score (nSPS) is 35.9. The summed E-state index contributed by atoms with van der Waals surface area (Å²) in [5.41, 5.74) is 0.538. The van der Waals surface area contributed by atoms with E-state index in [0.29, 0.717) is 24.2 Å². The van der Waals surface area contributed by atoms with Gasteiger partial charge in [0, 0.05) is 17.8 Å². The smallest absolute Gasteiger partial charge is 0.314 e. The molecule has 1 aromatic rings. The van der Waals surface area contributed by atoms with Crippen molar-refractivity contribution in [1.29, 1.82) is 0 Å². The average Bonchev–Trinajstić information content (AvgIpc) is 2.51. The summed E-state index contributed by atoms with van der Waals surface area (Å²) >= 11 is 0. The van der Waals surface area contributed by atoms with Crippen LogP contribution in [0.1, 0.15) is 44.1 Å². The number of aliphatic carboxylic acids is 1. The van der Waals surface area contributed by atoms with Crippen molar-refractivity contribution in [2.24, 2.45) is 29.1 Å². The molecule has 0 spiro atoms. The molecule has 23 heavy (non-hydrogen) atoms. The maximum absolute atomic E-state index is 13.2. The fourth-order valence-electron chi connectivity index (χ4n) is 5.83. The number of ketones is 1. The lowest BCUT2D eigenvalue weighted by molar-refractivity contribution is -0.157. The van der Waals surface area contributed by atoms with Gasteiger partial charge in [0.2, 0.25) is 0 Å². The molecule has 1 heterocycles. The Hall–Kier alpha value is -1.71. The second kappa shape index (κ2) is 5.43. The van der Waals surface area contributed by atoms with Gasteiger partial charge < -0.3 is 5.11 Å². The molecule has 4 aliphatic carbocycles. The molecule has 4 aliphatic rings. The van der Waals surface area contributed by atoms with E-state index in [2.05, 4.69) is 4.98 Å². The molecule has 4 fully saturated rings. The summed E-state index contributed by atoms with van der Waals surface area (Å²) in [5.74, 6) is 0.0823. The zero-order valence-corrected chi connectivity index (χ0v) is 13.3. The van der Waals surface area contributed by atoms with Gasteiger partial charge in [0.1, 0.15) is 5.92 Å². The topological polar surface area (TPSA) is 67.3 Å². The molecule has 1 unspecified atom stereocenters. The molecule has 1 N–H and O–H groups in total. The van der Waals surface area contributed by atoms with Gasteiger partial charge >= 0.3 is 5.97 Å². The van der Waals surface area contributed by atoms with Gasteiger partial charge in [-0.1, -0.05) is 0 Å². The molecule has 122 valence electrons. The molecule has 0 aromatic carbocycles. The Kier molecular flexibility index (Phi) is 3.51. The lowest BCUT2D eigenvalue weighted by Crippen LogP contribution is -2.52. The van der Waals surface area contributed by atoms with E-state index < -0.39 is 11.9 Å². The van der Waals surface area contributed by atoms with E-state index in [1.54, 1.807) is 12.4 Å². The molecule has 4 saturated carbocycles. The second-order valence-electron chi connectivity index (χ2n) is 8.01. The Bertz CT molecular complexity index is 589. The van der Waals surface area contributed by atoms with Crippen LogP contribution >= 0.6 is 0 Å². The monoisotopic (exact) mass is 313 g/mol. The number of aromatic nitrogens is 1. The maximum Gasteiger partial charge on any atom is 0.314 e. The van der Waals surface area contributed by atoms with Crippen molar-refractivity contribution in [3.8, 4) is 0 Å². The van der Waals surface area contributed by atoms with Crippen molar-refractivity contribution in [2.45, 2.75) is 44.9 Å². The zero-order valence-electron chi connectivity index (χ0n) is 13.3. The van der Waals surface area contributed by atoms with Crippen LogP contribution in [-0.2, 0) is 16.0 Å². The van der Waals surface area contributed by atoms with Gasteiger partial charge in [0.15, 0.2) is 5.78 Å². The molecule has 0 radical (unpaired) electrons. The molecule has 0 amide bonds. The lowest BCUT2D eigenvalue weighted by atomic mass is 9.47. The van der Waals surface area contributed by atoms with Gasteiger partial charge in [-0.25, -0.2) is 0 Å². The first-order valence-corrected chi connectivity index (χ1v) is 8.72. The van der Waals surface area contributed by atoms with Crippen LogP contribution in [0, 0.1) is 29.1 Å². The average molecular weight is 313 g/mol. The lowest BCUT2D eigenvalue weighted by Gasteiger charge is -2.56. The Morgan fingerprint density at radius 3 is 2.09 bits per heavy atom. The number of carbonyl (C=O) groups excluding carboxylic acids is 1. The van der Waals surface area contributed by atoms with Crippen LogP contribution in [0.15, 0.2) is 24.5 Å². The number of hydrogen-bond acceptors (Lipinski definition) is 3. The van der Waals surface area contributed by atoms with Crippen LogP contribution < -0.4 is 0 Å². The predicted molar refractivity (Wildman–Crippen MR) is 84.7 cm³/mol. The van der Waals surface area contributed by atoms with Crippen molar-refractivity contribution >= 4 is 11.8 Å². The van der Waals surface area contributed by atoms with E-state index in [0.717, 1.165) is 24.8 Å². The fraction of sp³-hybridized carbons (Fsp3) is 0.632. The Morgan fingerprint density at radius 2 is 1.61 bits per heavy atom. The van der Waals surface area contributed by atoms with E-state index in [4.69, 9.17) is 0 Å². The van der Waals surface area contributed by atoms with Crippen LogP contribution in [0.25, 0.3) is 0 Å². The minimum absolute atomic E-state index is 0.000845. The third-order valence-corrected chi connectivity index (χ3v) is 6.36. The molecular weight excluding hydrogens is 290 g/mol. The summed E-state index contributed by atoms with van der Waals surface area (Å²) in [7, 11) is 0. The molecule has 0 saturated heterocycles. The number of hydrogen-bond donors (Lipinski definition) is 1. The van der Waals surface area contributed by atoms with Crippen LogP contribution in [0.2, 0.25) is 0 Å². The number of carboxylic acid groups (broad SMARTS) is 1. The van der Waals surface area contributed by atoms with Gasteiger partial charge in [0.05, 0.1) is 0 Å². The highest BCUT2D eigenvalue weighted by Crippen LogP contribution is 2.61. The predicted octanol–water partition coefficient (Wildman–Crippen LogP) is 3.11. The maximum atomic E-state index is 13.2.